The lowest BCUT2D eigenvalue weighted by Gasteiger charge is -2.29. The molecule has 0 amide bonds. The van der Waals surface area contributed by atoms with Crippen molar-refractivity contribution < 1.29 is 145 Å². The third-order valence-corrected chi connectivity index (χ3v) is 26.3. The number of halogens is 6. The van der Waals surface area contributed by atoms with Crippen LogP contribution >= 0.6 is 69.6 Å². The first kappa shape index (κ1) is 140. The zero-order valence-corrected chi connectivity index (χ0v) is 92.2. The highest BCUT2D eigenvalue weighted by Gasteiger charge is 2.26. The van der Waals surface area contributed by atoms with Gasteiger partial charge >= 0.3 is 0 Å². The van der Waals surface area contributed by atoms with Gasteiger partial charge in [0.15, 0.2) is 6.73 Å². The first-order valence-corrected chi connectivity index (χ1v) is 54.6. The number of aliphatic hydroxyl groups excluding tert-OH is 9. The molecule has 3 rings (SSSR count). The minimum atomic E-state index is -0.387. The van der Waals surface area contributed by atoms with E-state index in [0.29, 0.717) is 412 Å². The Morgan fingerprint density at radius 1 is 0.265 bits per heavy atom. The molecule has 0 aromatic heterocycles. The summed E-state index contributed by atoms with van der Waals surface area (Å²) >= 11 is 39.2. The molecule has 0 aromatic carbocycles. The van der Waals surface area contributed by atoms with Crippen LogP contribution in [0.15, 0.2) is 54.3 Å². The molecule has 0 radical (unpaired) electrons. The lowest BCUT2D eigenvalue weighted by Crippen LogP contribution is -2.38. The second-order valence-corrected chi connectivity index (χ2v) is 38.2. The maximum Gasteiger partial charge on any atom is 0.160 e. The molecule has 4 atom stereocenters. The first-order chi connectivity index (χ1) is 72.1. The number of allylic oxidation sites excluding steroid dienone is 7. The van der Waals surface area contributed by atoms with Gasteiger partial charge in [-0.05, 0) is 146 Å². The number of aliphatic hydroxyl groups is 9. The summed E-state index contributed by atoms with van der Waals surface area (Å²) in [6, 6.07) is 0. The van der Waals surface area contributed by atoms with Gasteiger partial charge in [-0.15, -0.1) is 28.3 Å². The number of rotatable bonds is 114. The van der Waals surface area contributed by atoms with Crippen LogP contribution in [0.5, 0.6) is 0 Å². The summed E-state index contributed by atoms with van der Waals surface area (Å²) in [6.07, 6.45) is 19.4. The van der Waals surface area contributed by atoms with Crippen LogP contribution in [0.2, 0.25) is 0 Å². The number of ether oxygens (including phenoxy) is 21. The van der Waals surface area contributed by atoms with Gasteiger partial charge in [-0.2, -0.15) is 0 Å². The fourth-order valence-corrected chi connectivity index (χ4v) is 17.6. The average molecular weight is 2240 g/mol. The van der Waals surface area contributed by atoms with Crippen LogP contribution in [0.25, 0.3) is 0 Å². The summed E-state index contributed by atoms with van der Waals surface area (Å²) < 4.78 is 122. The van der Waals surface area contributed by atoms with E-state index in [2.05, 4.69) is 69.6 Å². The van der Waals surface area contributed by atoms with Crippen LogP contribution in [0.4, 0.5) is 0 Å². The molecule has 12 N–H and O–H groups in total. The standard InChI is InChI=1S/C96H187Cl6N15O30/c97-91-13-10-88(94(100)64-91)16-19-104-20-52-128-77-116(30-17-89-11-14-92(98)65-95(89)101)41-63-138-78-117(31-18-90-12-15-93(99)66-96(90)102)42-62-137-76-115(29-9-51-147-87-126)40-61-136-75-114(28-8-50-146-86-125)39-60-135-74-113(27-7-49-145-85-124)38-59-134-73-112(26-6-48-144-84-123)37-58-133-72-111(25-5-47-143-83-122)36-57-132-71-110(24-4-46-142-82-121)35-56-131-70-109(23-3-45-141-81-120)34-55-130-69-108(22-2-44-140-80-119)33-54-129-68-107(21-1-43-139-79-118)32-53-127-67-105-106-103/h64-66,88,90,94,96,104,118-126H,1-63,67-87H2,(H2,103,105). The third kappa shape index (κ3) is 82.5. The number of nitrogens with zero attached hydrogens (tertiary/aromatic N) is 13. The number of alkyl halides is 2. The second-order valence-electron chi connectivity index (χ2n) is 35.4. The predicted molar refractivity (Wildman–Crippen MR) is 560 cm³/mol. The highest BCUT2D eigenvalue weighted by molar-refractivity contribution is 6.35. The lowest BCUT2D eigenvalue weighted by molar-refractivity contribution is -0.0529. The highest BCUT2D eigenvalue weighted by atomic mass is 35.5. The smallest absolute Gasteiger partial charge is 0.160 e. The molecule has 0 bridgehead atoms. The van der Waals surface area contributed by atoms with E-state index in [-0.39, 0.29) is 84.5 Å². The Hall–Kier alpha value is -1.58. The van der Waals surface area contributed by atoms with E-state index in [4.69, 9.17) is 180 Å². The highest BCUT2D eigenvalue weighted by Crippen LogP contribution is 2.34. The van der Waals surface area contributed by atoms with Crippen LogP contribution in [0.3, 0.4) is 0 Å². The van der Waals surface area contributed by atoms with Crippen molar-refractivity contribution in [2.24, 2.45) is 28.0 Å². The first-order valence-electron chi connectivity index (χ1n) is 52.2. The van der Waals surface area contributed by atoms with Gasteiger partial charge in [0.05, 0.1) is 224 Å². The normalized spacial score (nSPS) is 16.2. The van der Waals surface area contributed by atoms with Crippen molar-refractivity contribution in [1.29, 1.82) is 0 Å². The molecule has 0 saturated heterocycles. The van der Waals surface area contributed by atoms with Gasteiger partial charge in [-0.25, -0.2) is 0 Å². The van der Waals surface area contributed by atoms with E-state index in [1.165, 1.54) is 5.57 Å². The largest absolute Gasteiger partial charge is 0.371 e. The Morgan fingerprint density at radius 3 is 0.748 bits per heavy atom. The van der Waals surface area contributed by atoms with E-state index in [1.54, 1.807) is 0 Å². The predicted octanol–water partition coefficient (Wildman–Crippen LogP) is 4.98. The SMILES string of the molecule is NN=NCOCCN(CCCOCO)COCCN(CCCOCO)COCCN(CCCOCO)COCCN(CCCOCO)COCCN(CCCOCO)COCCN(CCCOCO)COCCN(CCCOCO)COCCN(CCCOCO)COCCN(CCCOCO)COCCN(CCC1CCC(Cl)=CC1Cl)COCCN(CCC1=C(Cl)C=C(Cl)CC1)COCCNCCC1CCC(Cl)=CC1Cl. The maximum atomic E-state index is 9.45. The van der Waals surface area contributed by atoms with E-state index in [1.807, 2.05) is 18.2 Å². The molecule has 0 heterocycles. The molecule has 0 spiro atoms. The Bertz CT molecular complexity index is 3070. The van der Waals surface area contributed by atoms with Crippen LogP contribution in [-0.4, -0.2) is 548 Å². The Morgan fingerprint density at radius 2 is 0.503 bits per heavy atom. The van der Waals surface area contributed by atoms with E-state index < -0.39 is 0 Å². The van der Waals surface area contributed by atoms with Crippen LogP contribution in [-0.2, 0) is 99.5 Å². The zero-order chi connectivity index (χ0) is 106. The van der Waals surface area contributed by atoms with Crippen molar-refractivity contribution in [2.75, 3.05) is 438 Å². The summed E-state index contributed by atoms with van der Waals surface area (Å²) in [5, 5.41) is 97.4. The minimum absolute atomic E-state index is 0.0411. The van der Waals surface area contributed by atoms with Crippen molar-refractivity contribution in [2.45, 2.75) is 126 Å². The number of nitrogens with one attached hydrogen (secondary N) is 1. The minimum Gasteiger partial charge on any atom is -0.371 e. The second kappa shape index (κ2) is 103. The van der Waals surface area contributed by atoms with Crippen LogP contribution in [0, 0.1) is 11.8 Å². The summed E-state index contributed by atoms with van der Waals surface area (Å²) in [5.41, 5.74) is 1.18. The molecule has 147 heavy (non-hydrogen) atoms. The molecule has 0 aromatic rings. The van der Waals surface area contributed by atoms with E-state index >= 15 is 0 Å². The summed E-state index contributed by atoms with van der Waals surface area (Å²) in [4.78, 5) is 23.7. The molecule has 51 heteroatoms. The van der Waals surface area contributed by atoms with Gasteiger partial charge in [0.2, 0.25) is 0 Å². The summed E-state index contributed by atoms with van der Waals surface area (Å²) in [7, 11) is 0. The maximum absolute atomic E-state index is 9.45. The topological polar surface area (TPSA) is 474 Å². The molecule has 3 aliphatic carbocycles. The number of hydrogen-bond donors (Lipinski definition) is 11. The summed E-state index contributed by atoms with van der Waals surface area (Å²) in [6.45, 7) is 23.3. The Kier molecular flexibility index (Phi) is 98.3. The third-order valence-electron chi connectivity index (χ3n) is 24.0. The van der Waals surface area contributed by atoms with Crippen molar-refractivity contribution in [3.63, 3.8) is 0 Å². The number of nitrogens with two attached hydrogens (primary N) is 1. The Labute approximate surface area is 905 Å². The van der Waals surface area contributed by atoms with Crippen molar-refractivity contribution >= 4 is 69.6 Å². The van der Waals surface area contributed by atoms with Gasteiger partial charge in [0.1, 0.15) is 61.1 Å². The summed E-state index contributed by atoms with van der Waals surface area (Å²) in [5.74, 6) is 5.75. The van der Waals surface area contributed by atoms with Gasteiger partial charge in [-0.1, -0.05) is 63.8 Å². The van der Waals surface area contributed by atoms with Gasteiger partial charge in [0.25, 0.3) is 0 Å². The molecule has 0 fully saturated rings. The molecule has 868 valence electrons. The monoisotopic (exact) mass is 2240 g/mol. The van der Waals surface area contributed by atoms with Crippen molar-refractivity contribution in [3.05, 3.63) is 43.9 Å². The molecule has 3 aliphatic rings. The van der Waals surface area contributed by atoms with Crippen LogP contribution in [0.1, 0.15) is 116 Å². The molecule has 45 nitrogen and oxygen atoms in total. The van der Waals surface area contributed by atoms with Gasteiger partial charge in [-0.3, -0.25) is 53.9 Å². The quantitative estimate of drug-likeness (QED) is 0.00955. The van der Waals surface area contributed by atoms with E-state index in [9.17, 15) is 40.9 Å². The average Bonchev–Trinajstić information content (AvgIpc) is 0.865. The molecule has 4 unspecified atom stereocenters. The van der Waals surface area contributed by atoms with Gasteiger partial charge < -0.3 is 157 Å². The fourth-order valence-electron chi connectivity index (χ4n) is 15.6. The Balaban J connectivity index is 1.57. The lowest BCUT2D eigenvalue weighted by atomic mass is 9.90. The molecular formula is C96H187Cl6N15O30. The molecular weight excluding hydrogens is 2060 g/mol. The molecule has 0 saturated carbocycles. The van der Waals surface area contributed by atoms with Crippen molar-refractivity contribution in [1.82, 2.24) is 59.2 Å². The van der Waals surface area contributed by atoms with E-state index in [0.717, 1.165) is 99.1 Å². The number of hydrogen-bond acceptors (Lipinski definition) is 44. The fraction of sp³-hybridized carbons (Fsp3) is 0.917. The van der Waals surface area contributed by atoms with Crippen molar-refractivity contribution in [3.8, 4) is 0 Å². The zero-order valence-electron chi connectivity index (χ0n) is 87.7. The molecule has 0 aliphatic heterocycles. The van der Waals surface area contributed by atoms with Crippen LogP contribution < -0.4 is 11.2 Å². The van der Waals surface area contributed by atoms with Gasteiger partial charge in [0, 0.05) is 171 Å².